The van der Waals surface area contributed by atoms with Gasteiger partial charge in [0.05, 0.1) is 22.7 Å². The molecule has 1 N–H and O–H groups in total. The standard InChI is InChI=1S/C22H26ClN3O6S2/c1-32-20-9-7-17(33(28,29)25-10-2-3-11-25)15-19(20)24-22(27)16-6-8-18(23)21(14-16)34(30,31)26-12-4-5-13-26/h6-9,14-15H,2-5,10-13H2,1H3,(H,24,27). The summed E-state index contributed by atoms with van der Waals surface area (Å²) < 4.78 is 59.9. The van der Waals surface area contributed by atoms with Crippen LogP contribution in [0.1, 0.15) is 36.0 Å². The van der Waals surface area contributed by atoms with Crippen LogP contribution in [-0.2, 0) is 20.0 Å². The van der Waals surface area contributed by atoms with Gasteiger partial charge in [0.25, 0.3) is 5.91 Å². The molecular formula is C22H26ClN3O6S2. The van der Waals surface area contributed by atoms with E-state index >= 15 is 0 Å². The second-order valence-corrected chi connectivity index (χ2v) is 12.4. The number of carbonyl (C=O) groups is 1. The van der Waals surface area contributed by atoms with E-state index in [9.17, 15) is 21.6 Å². The fourth-order valence-electron chi connectivity index (χ4n) is 4.13. The van der Waals surface area contributed by atoms with E-state index in [-0.39, 0.29) is 31.8 Å². The number of hydrogen-bond donors (Lipinski definition) is 1. The molecule has 34 heavy (non-hydrogen) atoms. The van der Waals surface area contributed by atoms with Crippen molar-refractivity contribution < 1.29 is 26.4 Å². The molecular weight excluding hydrogens is 502 g/mol. The molecule has 9 nitrogen and oxygen atoms in total. The van der Waals surface area contributed by atoms with Crippen molar-refractivity contribution in [2.75, 3.05) is 38.6 Å². The van der Waals surface area contributed by atoms with Crippen LogP contribution < -0.4 is 10.1 Å². The van der Waals surface area contributed by atoms with Gasteiger partial charge >= 0.3 is 0 Å². The molecule has 0 saturated carbocycles. The Morgan fingerprint density at radius 3 is 2.06 bits per heavy atom. The van der Waals surface area contributed by atoms with Crippen LogP contribution in [0.4, 0.5) is 5.69 Å². The molecule has 2 aliphatic heterocycles. The number of benzene rings is 2. The number of nitrogens with one attached hydrogen (secondary N) is 1. The van der Waals surface area contributed by atoms with Crippen molar-refractivity contribution >= 4 is 43.2 Å². The number of carbonyl (C=O) groups excluding carboxylic acids is 1. The summed E-state index contributed by atoms with van der Waals surface area (Å²) in [5.41, 5.74) is 0.226. The second kappa shape index (κ2) is 9.82. The Hall–Kier alpha value is -2.18. The van der Waals surface area contributed by atoms with Crippen molar-refractivity contribution in [3.63, 3.8) is 0 Å². The first-order valence-electron chi connectivity index (χ1n) is 10.9. The molecule has 0 bridgehead atoms. The lowest BCUT2D eigenvalue weighted by atomic mass is 10.2. The van der Waals surface area contributed by atoms with E-state index in [2.05, 4.69) is 5.32 Å². The molecule has 1 amide bonds. The van der Waals surface area contributed by atoms with Gasteiger partial charge in [-0.25, -0.2) is 16.8 Å². The Kier molecular flexibility index (Phi) is 7.20. The molecule has 4 rings (SSSR count). The third-order valence-electron chi connectivity index (χ3n) is 6.00. The summed E-state index contributed by atoms with van der Waals surface area (Å²) in [5.74, 6) is -0.351. The third kappa shape index (κ3) is 4.80. The number of sulfonamides is 2. The number of nitrogens with zero attached hydrogens (tertiary/aromatic N) is 2. The molecule has 2 saturated heterocycles. The van der Waals surface area contributed by atoms with Gasteiger partial charge in [-0.1, -0.05) is 11.6 Å². The Bertz CT molecular complexity index is 1300. The number of rotatable bonds is 7. The highest BCUT2D eigenvalue weighted by Gasteiger charge is 2.31. The molecule has 2 heterocycles. The molecule has 0 aromatic heterocycles. The van der Waals surface area contributed by atoms with Gasteiger partial charge in [0.15, 0.2) is 0 Å². The van der Waals surface area contributed by atoms with Crippen molar-refractivity contribution in [2.24, 2.45) is 0 Å². The van der Waals surface area contributed by atoms with Gasteiger partial charge < -0.3 is 10.1 Å². The van der Waals surface area contributed by atoms with E-state index in [1.807, 2.05) is 0 Å². The maximum atomic E-state index is 13.0. The van der Waals surface area contributed by atoms with Crippen molar-refractivity contribution in [1.29, 1.82) is 0 Å². The van der Waals surface area contributed by atoms with Gasteiger partial charge in [-0.15, -0.1) is 0 Å². The van der Waals surface area contributed by atoms with E-state index in [4.69, 9.17) is 16.3 Å². The number of hydrogen-bond acceptors (Lipinski definition) is 6. The van der Waals surface area contributed by atoms with Gasteiger partial charge in [-0.05, 0) is 62.1 Å². The van der Waals surface area contributed by atoms with Gasteiger partial charge in [-0.2, -0.15) is 8.61 Å². The number of methoxy groups -OCH3 is 1. The van der Waals surface area contributed by atoms with Gasteiger partial charge in [-0.3, -0.25) is 4.79 Å². The summed E-state index contributed by atoms with van der Waals surface area (Å²) in [6.07, 6.45) is 3.15. The van der Waals surface area contributed by atoms with E-state index in [0.29, 0.717) is 26.2 Å². The van der Waals surface area contributed by atoms with E-state index in [0.717, 1.165) is 25.7 Å². The fourth-order valence-corrected chi connectivity index (χ4v) is 7.69. The summed E-state index contributed by atoms with van der Waals surface area (Å²) in [7, 11) is -6.13. The van der Waals surface area contributed by atoms with Crippen LogP contribution in [-0.4, -0.2) is 64.6 Å². The van der Waals surface area contributed by atoms with Crippen molar-refractivity contribution in [1.82, 2.24) is 8.61 Å². The van der Waals surface area contributed by atoms with Gasteiger partial charge in [0.2, 0.25) is 20.0 Å². The highest BCUT2D eigenvalue weighted by Crippen LogP contribution is 2.32. The van der Waals surface area contributed by atoms with Crippen LogP contribution in [0, 0.1) is 0 Å². The first-order valence-corrected chi connectivity index (χ1v) is 14.2. The predicted molar refractivity (Wildman–Crippen MR) is 128 cm³/mol. The zero-order valence-corrected chi connectivity index (χ0v) is 21.0. The van der Waals surface area contributed by atoms with Crippen LogP contribution in [0.3, 0.4) is 0 Å². The Morgan fingerprint density at radius 2 is 1.47 bits per heavy atom. The first-order chi connectivity index (χ1) is 16.1. The number of ether oxygens (including phenoxy) is 1. The molecule has 0 atom stereocenters. The molecule has 2 aliphatic rings. The fraction of sp³-hybridized carbons (Fsp3) is 0.409. The van der Waals surface area contributed by atoms with Crippen molar-refractivity contribution in [3.8, 4) is 5.75 Å². The van der Waals surface area contributed by atoms with E-state index in [1.54, 1.807) is 0 Å². The minimum Gasteiger partial charge on any atom is -0.495 e. The number of amides is 1. The smallest absolute Gasteiger partial charge is 0.255 e. The minimum atomic E-state index is -3.83. The van der Waals surface area contributed by atoms with Crippen LogP contribution in [0.5, 0.6) is 5.75 Å². The average Bonchev–Trinajstić information content (AvgIpc) is 3.54. The summed E-state index contributed by atoms with van der Waals surface area (Å²) in [6.45, 7) is 1.72. The van der Waals surface area contributed by atoms with Crippen LogP contribution in [0.15, 0.2) is 46.2 Å². The van der Waals surface area contributed by atoms with Crippen LogP contribution in [0.2, 0.25) is 5.02 Å². The lowest BCUT2D eigenvalue weighted by molar-refractivity contribution is 0.102. The minimum absolute atomic E-state index is 0.0275. The van der Waals surface area contributed by atoms with Crippen LogP contribution >= 0.6 is 11.6 Å². The monoisotopic (exact) mass is 527 g/mol. The number of halogens is 1. The van der Waals surface area contributed by atoms with E-state index in [1.165, 1.54) is 52.1 Å². The topological polar surface area (TPSA) is 113 Å². The molecule has 0 radical (unpaired) electrons. The molecule has 12 heteroatoms. The Labute approximate surface area is 204 Å². The van der Waals surface area contributed by atoms with E-state index < -0.39 is 26.0 Å². The zero-order valence-electron chi connectivity index (χ0n) is 18.7. The molecule has 2 fully saturated rings. The summed E-state index contributed by atoms with van der Waals surface area (Å²) in [4.78, 5) is 12.9. The molecule has 0 spiro atoms. The normalized spacial score (nSPS) is 17.7. The maximum absolute atomic E-state index is 13.0. The largest absolute Gasteiger partial charge is 0.495 e. The molecule has 2 aromatic carbocycles. The predicted octanol–water partition coefficient (Wildman–Crippen LogP) is 3.17. The average molecular weight is 528 g/mol. The zero-order chi connectivity index (χ0) is 24.5. The highest BCUT2D eigenvalue weighted by atomic mass is 35.5. The molecule has 2 aromatic rings. The lowest BCUT2D eigenvalue weighted by Crippen LogP contribution is -2.28. The SMILES string of the molecule is COc1ccc(S(=O)(=O)N2CCCC2)cc1NC(=O)c1ccc(Cl)c(S(=O)(=O)N2CCCC2)c1. The summed E-state index contributed by atoms with van der Waals surface area (Å²) in [5, 5.41) is 2.68. The Balaban J connectivity index is 1.64. The van der Waals surface area contributed by atoms with Crippen molar-refractivity contribution in [3.05, 3.63) is 47.0 Å². The van der Waals surface area contributed by atoms with Crippen molar-refractivity contribution in [2.45, 2.75) is 35.5 Å². The molecule has 0 aliphatic carbocycles. The summed E-state index contributed by atoms with van der Waals surface area (Å²) >= 11 is 6.18. The summed E-state index contributed by atoms with van der Waals surface area (Å²) in [6, 6.07) is 8.28. The molecule has 184 valence electrons. The third-order valence-corrected chi connectivity index (χ3v) is 10.3. The van der Waals surface area contributed by atoms with Crippen LogP contribution in [0.25, 0.3) is 0 Å². The second-order valence-electron chi connectivity index (χ2n) is 8.18. The van der Waals surface area contributed by atoms with Gasteiger partial charge in [0.1, 0.15) is 10.6 Å². The lowest BCUT2D eigenvalue weighted by Gasteiger charge is -2.18. The first kappa shape index (κ1) is 24.9. The van der Waals surface area contributed by atoms with Gasteiger partial charge in [0, 0.05) is 31.7 Å². The maximum Gasteiger partial charge on any atom is 0.255 e. The quantitative estimate of drug-likeness (QED) is 0.591. The molecule has 0 unspecified atom stereocenters. The number of anilines is 1. The Morgan fingerprint density at radius 1 is 0.882 bits per heavy atom. The highest BCUT2D eigenvalue weighted by molar-refractivity contribution is 7.89.